The molecule has 0 amide bonds. The van der Waals surface area contributed by atoms with Crippen LogP contribution in [0.1, 0.15) is 22.1 Å². The fourth-order valence-electron chi connectivity index (χ4n) is 2.18. The van der Waals surface area contributed by atoms with Crippen LogP contribution in [0.4, 0.5) is 0 Å². The number of hydrogen-bond acceptors (Lipinski definition) is 3. The minimum Gasteiger partial charge on any atom is -0.496 e. The van der Waals surface area contributed by atoms with Gasteiger partial charge in [0.15, 0.2) is 0 Å². The standard InChI is InChI=1S/C17H19ClO3/c1-11-5-7-12(8-6-11)17(18)16-14(20-3)9-13(19-2)10-15(16)21-4/h5-10,17H,1-4H3. The van der Waals surface area contributed by atoms with Gasteiger partial charge in [-0.05, 0) is 12.5 Å². The molecule has 1 atom stereocenters. The highest BCUT2D eigenvalue weighted by Gasteiger charge is 2.22. The maximum absolute atomic E-state index is 6.65. The first-order valence-corrected chi connectivity index (χ1v) is 7.05. The van der Waals surface area contributed by atoms with Crippen molar-refractivity contribution in [2.24, 2.45) is 0 Å². The number of rotatable bonds is 5. The highest BCUT2D eigenvalue weighted by atomic mass is 35.5. The average molecular weight is 307 g/mol. The fraction of sp³-hybridized carbons (Fsp3) is 0.294. The molecule has 1 unspecified atom stereocenters. The second-order valence-electron chi connectivity index (χ2n) is 4.72. The zero-order valence-corrected chi connectivity index (χ0v) is 13.4. The van der Waals surface area contributed by atoms with Crippen LogP contribution in [0.15, 0.2) is 36.4 Å². The Morgan fingerprint density at radius 3 is 1.81 bits per heavy atom. The summed E-state index contributed by atoms with van der Waals surface area (Å²) in [7, 11) is 4.82. The lowest BCUT2D eigenvalue weighted by molar-refractivity contribution is 0.369. The predicted molar refractivity (Wildman–Crippen MR) is 85.0 cm³/mol. The maximum Gasteiger partial charge on any atom is 0.131 e. The molecule has 0 N–H and O–H groups in total. The third-order valence-corrected chi connectivity index (χ3v) is 3.85. The highest BCUT2D eigenvalue weighted by Crippen LogP contribution is 2.43. The van der Waals surface area contributed by atoms with E-state index in [0.29, 0.717) is 17.2 Å². The van der Waals surface area contributed by atoms with Crippen molar-refractivity contribution >= 4 is 11.6 Å². The van der Waals surface area contributed by atoms with E-state index in [2.05, 4.69) is 0 Å². The van der Waals surface area contributed by atoms with Crippen molar-refractivity contribution in [3.05, 3.63) is 53.1 Å². The first-order valence-electron chi connectivity index (χ1n) is 6.61. The zero-order valence-electron chi connectivity index (χ0n) is 12.6. The summed E-state index contributed by atoms with van der Waals surface area (Å²) >= 11 is 6.65. The molecule has 0 radical (unpaired) electrons. The van der Waals surface area contributed by atoms with Crippen molar-refractivity contribution < 1.29 is 14.2 Å². The van der Waals surface area contributed by atoms with E-state index in [0.717, 1.165) is 11.1 Å². The van der Waals surface area contributed by atoms with E-state index in [1.807, 2.05) is 31.2 Å². The highest BCUT2D eigenvalue weighted by molar-refractivity contribution is 6.23. The van der Waals surface area contributed by atoms with Crippen LogP contribution in [0.2, 0.25) is 0 Å². The van der Waals surface area contributed by atoms with Crippen molar-refractivity contribution in [3.8, 4) is 17.2 Å². The van der Waals surface area contributed by atoms with E-state index in [4.69, 9.17) is 25.8 Å². The summed E-state index contributed by atoms with van der Waals surface area (Å²) in [5.74, 6) is 1.96. The van der Waals surface area contributed by atoms with Crippen molar-refractivity contribution in [2.75, 3.05) is 21.3 Å². The molecule has 2 aromatic rings. The minimum atomic E-state index is -0.360. The molecule has 0 fully saturated rings. The Morgan fingerprint density at radius 1 is 0.857 bits per heavy atom. The normalized spacial score (nSPS) is 11.9. The Kier molecular flexibility index (Phi) is 4.97. The van der Waals surface area contributed by atoms with Gasteiger partial charge in [-0.15, -0.1) is 11.6 Å². The molecule has 0 aliphatic carbocycles. The number of halogens is 1. The zero-order chi connectivity index (χ0) is 15.4. The number of methoxy groups -OCH3 is 3. The molecule has 0 spiro atoms. The number of hydrogen-bond donors (Lipinski definition) is 0. The van der Waals surface area contributed by atoms with Crippen LogP contribution >= 0.6 is 11.6 Å². The van der Waals surface area contributed by atoms with E-state index in [-0.39, 0.29) is 5.38 Å². The molecule has 0 aromatic heterocycles. The van der Waals surface area contributed by atoms with Gasteiger partial charge in [-0.2, -0.15) is 0 Å². The van der Waals surface area contributed by atoms with Gasteiger partial charge in [0, 0.05) is 12.1 Å². The first-order chi connectivity index (χ1) is 10.1. The Labute approximate surface area is 130 Å². The summed E-state index contributed by atoms with van der Waals surface area (Å²) in [6.07, 6.45) is 0. The van der Waals surface area contributed by atoms with E-state index < -0.39 is 0 Å². The van der Waals surface area contributed by atoms with Crippen LogP contribution in [-0.4, -0.2) is 21.3 Å². The Bertz CT molecular complexity index is 583. The maximum atomic E-state index is 6.65. The smallest absolute Gasteiger partial charge is 0.131 e. The molecule has 21 heavy (non-hydrogen) atoms. The Morgan fingerprint density at radius 2 is 1.38 bits per heavy atom. The number of aryl methyl sites for hydroxylation is 1. The molecule has 0 aliphatic heterocycles. The van der Waals surface area contributed by atoms with Gasteiger partial charge >= 0.3 is 0 Å². The van der Waals surface area contributed by atoms with Crippen LogP contribution < -0.4 is 14.2 Å². The SMILES string of the molecule is COc1cc(OC)c(C(Cl)c2ccc(C)cc2)c(OC)c1. The quantitative estimate of drug-likeness (QED) is 0.769. The molecule has 0 saturated heterocycles. The molecular weight excluding hydrogens is 288 g/mol. The van der Waals surface area contributed by atoms with Crippen molar-refractivity contribution in [3.63, 3.8) is 0 Å². The molecule has 2 aromatic carbocycles. The molecule has 4 heteroatoms. The summed E-state index contributed by atoms with van der Waals surface area (Å²) in [5, 5.41) is -0.360. The second-order valence-corrected chi connectivity index (χ2v) is 5.16. The predicted octanol–water partition coefficient (Wildman–Crippen LogP) is 4.35. The van der Waals surface area contributed by atoms with Crippen LogP contribution in [-0.2, 0) is 0 Å². The van der Waals surface area contributed by atoms with E-state index in [1.165, 1.54) is 5.56 Å². The minimum absolute atomic E-state index is 0.360. The fourth-order valence-corrected chi connectivity index (χ4v) is 2.55. The molecule has 0 saturated carbocycles. The van der Waals surface area contributed by atoms with Gasteiger partial charge in [0.05, 0.1) is 32.3 Å². The summed E-state index contributed by atoms with van der Waals surface area (Å²) in [6, 6.07) is 11.7. The summed E-state index contributed by atoms with van der Waals surface area (Å²) in [5.41, 5.74) is 2.98. The molecule has 3 nitrogen and oxygen atoms in total. The Hall–Kier alpha value is -1.87. The lowest BCUT2D eigenvalue weighted by Gasteiger charge is -2.19. The van der Waals surface area contributed by atoms with Crippen LogP contribution in [0.5, 0.6) is 17.2 Å². The van der Waals surface area contributed by atoms with E-state index in [1.54, 1.807) is 33.5 Å². The molecular formula is C17H19ClO3. The van der Waals surface area contributed by atoms with Crippen LogP contribution in [0.3, 0.4) is 0 Å². The van der Waals surface area contributed by atoms with Crippen LogP contribution in [0, 0.1) is 6.92 Å². The topological polar surface area (TPSA) is 27.7 Å². The van der Waals surface area contributed by atoms with Gasteiger partial charge in [-0.1, -0.05) is 29.8 Å². The Balaban J connectivity index is 2.52. The largest absolute Gasteiger partial charge is 0.496 e. The van der Waals surface area contributed by atoms with Gasteiger partial charge in [0.25, 0.3) is 0 Å². The lowest BCUT2D eigenvalue weighted by Crippen LogP contribution is -2.02. The summed E-state index contributed by atoms with van der Waals surface area (Å²) < 4.78 is 16.2. The first kappa shape index (κ1) is 15.5. The van der Waals surface area contributed by atoms with Gasteiger partial charge in [0.2, 0.25) is 0 Å². The molecule has 0 bridgehead atoms. The van der Waals surface area contributed by atoms with Crippen molar-refractivity contribution in [1.82, 2.24) is 0 Å². The van der Waals surface area contributed by atoms with Gasteiger partial charge < -0.3 is 14.2 Å². The second kappa shape index (κ2) is 6.72. The summed E-state index contributed by atoms with van der Waals surface area (Å²) in [4.78, 5) is 0. The van der Waals surface area contributed by atoms with Gasteiger partial charge in [-0.3, -0.25) is 0 Å². The number of benzene rings is 2. The van der Waals surface area contributed by atoms with Crippen molar-refractivity contribution in [1.29, 1.82) is 0 Å². The third kappa shape index (κ3) is 3.24. The van der Waals surface area contributed by atoms with Crippen LogP contribution in [0.25, 0.3) is 0 Å². The third-order valence-electron chi connectivity index (χ3n) is 3.38. The molecule has 0 heterocycles. The lowest BCUT2D eigenvalue weighted by atomic mass is 10.0. The summed E-state index contributed by atoms with van der Waals surface area (Å²) in [6.45, 7) is 2.04. The van der Waals surface area contributed by atoms with Gasteiger partial charge in [-0.25, -0.2) is 0 Å². The van der Waals surface area contributed by atoms with E-state index >= 15 is 0 Å². The number of ether oxygens (including phenoxy) is 3. The van der Waals surface area contributed by atoms with Crippen molar-refractivity contribution in [2.45, 2.75) is 12.3 Å². The molecule has 112 valence electrons. The van der Waals surface area contributed by atoms with E-state index in [9.17, 15) is 0 Å². The number of alkyl halides is 1. The van der Waals surface area contributed by atoms with Gasteiger partial charge in [0.1, 0.15) is 17.2 Å². The average Bonchev–Trinajstić information content (AvgIpc) is 2.53. The molecule has 2 rings (SSSR count). The molecule has 0 aliphatic rings. The monoisotopic (exact) mass is 306 g/mol.